The maximum absolute atomic E-state index is 7.06. The minimum Gasteiger partial charge on any atom is -0.399 e. The number of guanidine groups is 1. The fourth-order valence-electron chi connectivity index (χ4n) is 1.13. The molecule has 2 aromatic rings. The third-order valence-corrected chi connectivity index (χ3v) is 2.71. The van der Waals surface area contributed by atoms with Crippen LogP contribution in [0.3, 0.4) is 0 Å². The van der Waals surface area contributed by atoms with E-state index in [0.29, 0.717) is 10.8 Å². The molecule has 0 saturated heterocycles. The smallest absolute Gasteiger partial charge is 0.212 e. The summed E-state index contributed by atoms with van der Waals surface area (Å²) >= 11 is 1.33. The second-order valence-electron chi connectivity index (χ2n) is 3.07. The first-order chi connectivity index (χ1) is 7.65. The van der Waals surface area contributed by atoms with Gasteiger partial charge in [0.2, 0.25) is 5.13 Å². The Kier molecular flexibility index (Phi) is 2.69. The van der Waals surface area contributed by atoms with E-state index in [0.717, 1.165) is 10.6 Å². The van der Waals surface area contributed by atoms with Crippen LogP contribution in [0, 0.1) is 5.41 Å². The first kappa shape index (κ1) is 10.4. The molecule has 0 radical (unpaired) electrons. The Bertz CT molecular complexity index is 503. The van der Waals surface area contributed by atoms with Crippen LogP contribution < -0.4 is 16.8 Å². The minimum atomic E-state index is -0.153. The Morgan fingerprint density at radius 2 is 1.94 bits per heavy atom. The molecule has 6 nitrogen and oxygen atoms in total. The van der Waals surface area contributed by atoms with Crippen molar-refractivity contribution in [2.75, 3.05) is 11.1 Å². The Hall–Kier alpha value is -2.15. The fraction of sp³-hybridized carbons (Fsp3) is 0. The molecule has 6 N–H and O–H groups in total. The highest BCUT2D eigenvalue weighted by molar-refractivity contribution is 7.18. The summed E-state index contributed by atoms with van der Waals surface area (Å²) in [5, 5.41) is 18.7. The largest absolute Gasteiger partial charge is 0.399 e. The van der Waals surface area contributed by atoms with E-state index in [9.17, 15) is 0 Å². The summed E-state index contributed by atoms with van der Waals surface area (Å²) in [6, 6.07) is 7.34. The van der Waals surface area contributed by atoms with E-state index in [1.165, 1.54) is 11.3 Å². The van der Waals surface area contributed by atoms with Crippen LogP contribution in [0.1, 0.15) is 0 Å². The molecule has 0 aliphatic heterocycles. The van der Waals surface area contributed by atoms with Crippen LogP contribution in [0.2, 0.25) is 0 Å². The van der Waals surface area contributed by atoms with Crippen molar-refractivity contribution in [2.24, 2.45) is 5.73 Å². The predicted molar refractivity (Wildman–Crippen MR) is 65.3 cm³/mol. The number of nitrogen functional groups attached to an aromatic ring is 1. The summed E-state index contributed by atoms with van der Waals surface area (Å²) in [4.78, 5) is 0. The Balaban J connectivity index is 2.24. The van der Waals surface area contributed by atoms with Crippen molar-refractivity contribution in [2.45, 2.75) is 0 Å². The number of rotatable bonds is 2. The molecule has 16 heavy (non-hydrogen) atoms. The molecule has 0 bridgehead atoms. The van der Waals surface area contributed by atoms with Crippen LogP contribution >= 0.6 is 11.3 Å². The maximum Gasteiger partial charge on any atom is 0.212 e. The van der Waals surface area contributed by atoms with Gasteiger partial charge >= 0.3 is 0 Å². The second kappa shape index (κ2) is 4.15. The van der Waals surface area contributed by atoms with Crippen molar-refractivity contribution in [3.63, 3.8) is 0 Å². The minimum absolute atomic E-state index is 0.153. The highest BCUT2D eigenvalue weighted by atomic mass is 32.1. The predicted octanol–water partition coefficient (Wildman–Crippen LogP) is 1.09. The number of nitrogens with zero attached hydrogens (tertiary/aromatic N) is 2. The van der Waals surface area contributed by atoms with E-state index in [1.54, 1.807) is 12.1 Å². The van der Waals surface area contributed by atoms with Gasteiger partial charge in [-0.1, -0.05) is 11.3 Å². The van der Waals surface area contributed by atoms with Crippen molar-refractivity contribution in [1.29, 1.82) is 5.41 Å². The maximum atomic E-state index is 7.06. The van der Waals surface area contributed by atoms with E-state index in [1.807, 2.05) is 12.1 Å². The first-order valence-corrected chi connectivity index (χ1v) is 5.27. The van der Waals surface area contributed by atoms with Crippen LogP contribution in [0.15, 0.2) is 24.3 Å². The summed E-state index contributed by atoms with van der Waals surface area (Å²) in [7, 11) is 0. The van der Waals surface area contributed by atoms with E-state index in [4.69, 9.17) is 16.9 Å². The molecule has 0 spiro atoms. The molecule has 0 aliphatic carbocycles. The monoisotopic (exact) mass is 234 g/mol. The molecule has 2 rings (SSSR count). The van der Waals surface area contributed by atoms with Crippen LogP contribution in [-0.2, 0) is 0 Å². The van der Waals surface area contributed by atoms with Gasteiger partial charge in [-0.3, -0.25) is 5.41 Å². The van der Waals surface area contributed by atoms with Gasteiger partial charge in [0.1, 0.15) is 5.01 Å². The molecule has 1 aromatic carbocycles. The molecular weight excluding hydrogens is 224 g/mol. The summed E-state index contributed by atoms with van der Waals surface area (Å²) in [6.07, 6.45) is 0. The molecule has 0 atom stereocenters. The number of anilines is 2. The lowest BCUT2D eigenvalue weighted by molar-refractivity contribution is 1.10. The quantitative estimate of drug-likeness (QED) is 0.353. The summed E-state index contributed by atoms with van der Waals surface area (Å²) in [5.41, 5.74) is 12.4. The van der Waals surface area contributed by atoms with Gasteiger partial charge in [0.15, 0.2) is 5.96 Å². The average Bonchev–Trinajstić information content (AvgIpc) is 2.66. The van der Waals surface area contributed by atoms with Gasteiger partial charge in [0.25, 0.3) is 0 Å². The van der Waals surface area contributed by atoms with Crippen LogP contribution in [0.5, 0.6) is 0 Å². The average molecular weight is 234 g/mol. The molecule has 1 heterocycles. The number of hydrogen-bond acceptors (Lipinski definition) is 5. The molecule has 0 fully saturated rings. The van der Waals surface area contributed by atoms with Crippen molar-refractivity contribution in [3.8, 4) is 10.6 Å². The lowest BCUT2D eigenvalue weighted by Crippen LogP contribution is -2.20. The van der Waals surface area contributed by atoms with Crippen LogP contribution in [0.25, 0.3) is 10.6 Å². The van der Waals surface area contributed by atoms with E-state index >= 15 is 0 Å². The zero-order chi connectivity index (χ0) is 11.5. The molecule has 82 valence electrons. The highest BCUT2D eigenvalue weighted by Crippen LogP contribution is 2.26. The van der Waals surface area contributed by atoms with Crippen molar-refractivity contribution in [1.82, 2.24) is 10.2 Å². The Labute approximate surface area is 95.8 Å². The normalized spacial score (nSPS) is 10.0. The fourth-order valence-corrected chi connectivity index (χ4v) is 1.89. The zero-order valence-corrected chi connectivity index (χ0v) is 9.08. The van der Waals surface area contributed by atoms with Crippen LogP contribution in [-0.4, -0.2) is 16.2 Å². The lowest BCUT2D eigenvalue weighted by Gasteiger charge is -1.96. The van der Waals surface area contributed by atoms with Crippen LogP contribution in [0.4, 0.5) is 10.8 Å². The molecule has 0 amide bonds. The van der Waals surface area contributed by atoms with Gasteiger partial charge in [-0.2, -0.15) is 0 Å². The molecule has 0 aliphatic rings. The van der Waals surface area contributed by atoms with Gasteiger partial charge in [-0.25, -0.2) is 0 Å². The third-order valence-electron chi connectivity index (χ3n) is 1.82. The Morgan fingerprint density at radius 3 is 2.56 bits per heavy atom. The van der Waals surface area contributed by atoms with E-state index in [2.05, 4.69) is 15.5 Å². The second-order valence-corrected chi connectivity index (χ2v) is 4.05. The van der Waals surface area contributed by atoms with Gasteiger partial charge in [0, 0.05) is 11.3 Å². The molecule has 7 heteroatoms. The molecule has 0 saturated carbocycles. The number of nitrogens with one attached hydrogen (secondary N) is 2. The highest BCUT2D eigenvalue weighted by Gasteiger charge is 2.06. The van der Waals surface area contributed by atoms with Crippen molar-refractivity contribution in [3.05, 3.63) is 24.3 Å². The van der Waals surface area contributed by atoms with Crippen molar-refractivity contribution >= 4 is 28.1 Å². The van der Waals surface area contributed by atoms with Gasteiger partial charge in [0.05, 0.1) is 0 Å². The molecule has 1 aromatic heterocycles. The SMILES string of the molecule is N=C(N)Nc1nnc(-c2ccc(N)cc2)s1. The zero-order valence-electron chi connectivity index (χ0n) is 8.27. The first-order valence-electron chi connectivity index (χ1n) is 4.45. The van der Waals surface area contributed by atoms with E-state index < -0.39 is 0 Å². The topological polar surface area (TPSA) is 114 Å². The van der Waals surface area contributed by atoms with Gasteiger partial charge < -0.3 is 16.8 Å². The number of hydrogen-bond donors (Lipinski definition) is 4. The standard InChI is InChI=1S/C9H10N6S/c10-6-3-1-5(2-4-6)7-14-15-9(16-7)13-8(11)12/h1-4H,10H2,(H4,11,12,13,15). The summed E-state index contributed by atoms with van der Waals surface area (Å²) in [5.74, 6) is -0.153. The molecular formula is C9H10N6S. The number of benzene rings is 1. The van der Waals surface area contributed by atoms with Crippen molar-refractivity contribution < 1.29 is 0 Å². The van der Waals surface area contributed by atoms with Gasteiger partial charge in [-0.05, 0) is 24.3 Å². The third kappa shape index (κ3) is 2.26. The summed E-state index contributed by atoms with van der Waals surface area (Å²) < 4.78 is 0. The lowest BCUT2D eigenvalue weighted by atomic mass is 10.2. The molecule has 0 unspecified atom stereocenters. The Morgan fingerprint density at radius 1 is 1.25 bits per heavy atom. The number of nitrogens with two attached hydrogens (primary N) is 2. The van der Waals surface area contributed by atoms with Gasteiger partial charge in [-0.15, -0.1) is 10.2 Å². The van der Waals surface area contributed by atoms with E-state index in [-0.39, 0.29) is 5.96 Å². The summed E-state index contributed by atoms with van der Waals surface area (Å²) in [6.45, 7) is 0. The number of aromatic nitrogens is 2.